The number of aliphatic hydroxyl groups is 1. The molecule has 0 aromatic heterocycles. The molecule has 1 nitrogen and oxygen atoms in total. The molecule has 1 aliphatic carbocycles. The summed E-state index contributed by atoms with van der Waals surface area (Å²) in [7, 11) is 0. The predicted molar refractivity (Wildman–Crippen MR) is 74.9 cm³/mol. The van der Waals surface area contributed by atoms with Crippen molar-refractivity contribution >= 4 is 35.3 Å². The molecule has 1 fully saturated rings. The largest absolute Gasteiger partial charge is 0.385 e. The second kappa shape index (κ2) is 4.84. The SMILES string of the molecule is CSc1cc(C2(O)CC2)cc(SC)c1SC. The third-order valence-corrected chi connectivity index (χ3v) is 5.56. The molecule has 0 bridgehead atoms. The van der Waals surface area contributed by atoms with Gasteiger partial charge in [0.25, 0.3) is 0 Å². The van der Waals surface area contributed by atoms with Crippen molar-refractivity contribution in [3.8, 4) is 0 Å². The van der Waals surface area contributed by atoms with E-state index in [1.54, 1.807) is 35.3 Å². The smallest absolute Gasteiger partial charge is 0.0899 e. The van der Waals surface area contributed by atoms with Crippen molar-refractivity contribution in [3.63, 3.8) is 0 Å². The Morgan fingerprint density at radius 3 is 1.81 bits per heavy atom. The summed E-state index contributed by atoms with van der Waals surface area (Å²) in [4.78, 5) is 3.91. The maximum Gasteiger partial charge on any atom is 0.0899 e. The van der Waals surface area contributed by atoms with Crippen LogP contribution in [0.2, 0.25) is 0 Å². The summed E-state index contributed by atoms with van der Waals surface area (Å²) in [6, 6.07) is 4.31. The van der Waals surface area contributed by atoms with Crippen LogP contribution in [0.1, 0.15) is 18.4 Å². The van der Waals surface area contributed by atoms with Gasteiger partial charge in [-0.2, -0.15) is 0 Å². The quantitative estimate of drug-likeness (QED) is 0.840. The van der Waals surface area contributed by atoms with Crippen molar-refractivity contribution in [2.24, 2.45) is 0 Å². The number of rotatable bonds is 4. The molecule has 0 spiro atoms. The first kappa shape index (κ1) is 12.7. The van der Waals surface area contributed by atoms with Crippen molar-refractivity contribution in [3.05, 3.63) is 17.7 Å². The van der Waals surface area contributed by atoms with Crippen molar-refractivity contribution in [2.45, 2.75) is 33.1 Å². The standard InChI is InChI=1S/C12H16OS3/c1-14-9-6-8(12(13)4-5-12)7-10(15-2)11(9)16-3/h6-7,13H,4-5H2,1-3H3. The summed E-state index contributed by atoms with van der Waals surface area (Å²) in [5.41, 5.74) is 0.574. The van der Waals surface area contributed by atoms with Crippen LogP contribution in [0.5, 0.6) is 0 Å². The molecule has 0 radical (unpaired) electrons. The van der Waals surface area contributed by atoms with Crippen LogP contribution >= 0.6 is 35.3 Å². The average Bonchev–Trinajstić information content (AvgIpc) is 3.06. The lowest BCUT2D eigenvalue weighted by molar-refractivity contribution is 0.151. The number of benzene rings is 1. The second-order valence-electron chi connectivity index (χ2n) is 3.95. The van der Waals surface area contributed by atoms with E-state index in [1.165, 1.54) is 14.7 Å². The molecule has 0 aliphatic heterocycles. The molecule has 88 valence electrons. The lowest BCUT2D eigenvalue weighted by Crippen LogP contribution is -2.05. The van der Waals surface area contributed by atoms with Crippen LogP contribution in [-0.2, 0) is 5.60 Å². The molecule has 1 aliphatic rings. The van der Waals surface area contributed by atoms with Gasteiger partial charge in [-0.25, -0.2) is 0 Å². The zero-order valence-corrected chi connectivity index (χ0v) is 12.2. The minimum atomic E-state index is -0.522. The fourth-order valence-corrected chi connectivity index (χ4v) is 4.42. The third kappa shape index (κ3) is 2.26. The topological polar surface area (TPSA) is 20.2 Å². The number of thioether (sulfide) groups is 3. The molecule has 1 aromatic rings. The predicted octanol–water partition coefficient (Wildman–Crippen LogP) is 3.83. The molecule has 1 saturated carbocycles. The Hall–Kier alpha value is 0.230. The Morgan fingerprint density at radius 1 is 1.00 bits per heavy atom. The first-order valence-electron chi connectivity index (χ1n) is 5.17. The molecule has 4 heteroatoms. The highest BCUT2D eigenvalue weighted by atomic mass is 32.2. The minimum Gasteiger partial charge on any atom is -0.385 e. The van der Waals surface area contributed by atoms with Crippen molar-refractivity contribution in [2.75, 3.05) is 18.8 Å². The van der Waals surface area contributed by atoms with Gasteiger partial charge in [-0.3, -0.25) is 0 Å². The van der Waals surface area contributed by atoms with E-state index < -0.39 is 5.60 Å². The summed E-state index contributed by atoms with van der Waals surface area (Å²) in [5.74, 6) is 0. The van der Waals surface area contributed by atoms with Crippen LogP contribution in [-0.4, -0.2) is 23.9 Å². The van der Waals surface area contributed by atoms with E-state index >= 15 is 0 Å². The van der Waals surface area contributed by atoms with Crippen molar-refractivity contribution in [1.82, 2.24) is 0 Å². The highest BCUT2D eigenvalue weighted by Crippen LogP contribution is 2.48. The second-order valence-corrected chi connectivity index (χ2v) is 6.46. The molecule has 0 unspecified atom stereocenters. The van der Waals surface area contributed by atoms with E-state index in [4.69, 9.17) is 0 Å². The van der Waals surface area contributed by atoms with Gasteiger partial charge in [0.15, 0.2) is 0 Å². The van der Waals surface area contributed by atoms with E-state index in [0.29, 0.717) is 0 Å². The normalized spacial score (nSPS) is 17.5. The van der Waals surface area contributed by atoms with Gasteiger partial charge < -0.3 is 5.11 Å². The van der Waals surface area contributed by atoms with Crippen LogP contribution in [0.15, 0.2) is 26.8 Å². The zero-order chi connectivity index (χ0) is 11.8. The maximum absolute atomic E-state index is 10.2. The Labute approximate surface area is 110 Å². The first-order chi connectivity index (χ1) is 7.64. The van der Waals surface area contributed by atoms with Gasteiger partial charge in [-0.05, 0) is 49.3 Å². The Kier molecular flexibility index (Phi) is 3.84. The van der Waals surface area contributed by atoms with Gasteiger partial charge in [0.2, 0.25) is 0 Å². The monoisotopic (exact) mass is 272 g/mol. The Bertz CT molecular complexity index is 374. The first-order valence-corrected chi connectivity index (χ1v) is 8.85. The lowest BCUT2D eigenvalue weighted by atomic mass is 10.1. The van der Waals surface area contributed by atoms with Gasteiger partial charge in [0, 0.05) is 14.7 Å². The molecule has 0 atom stereocenters. The van der Waals surface area contributed by atoms with E-state index in [9.17, 15) is 5.11 Å². The molecule has 0 amide bonds. The molecule has 0 saturated heterocycles. The zero-order valence-electron chi connectivity index (χ0n) is 9.74. The summed E-state index contributed by atoms with van der Waals surface area (Å²) < 4.78 is 0. The summed E-state index contributed by atoms with van der Waals surface area (Å²) >= 11 is 5.31. The Balaban J connectivity index is 2.50. The molecule has 1 aromatic carbocycles. The van der Waals surface area contributed by atoms with Gasteiger partial charge in [0.1, 0.15) is 0 Å². The van der Waals surface area contributed by atoms with Crippen LogP contribution < -0.4 is 0 Å². The van der Waals surface area contributed by atoms with E-state index in [0.717, 1.165) is 18.4 Å². The van der Waals surface area contributed by atoms with Crippen LogP contribution in [0.3, 0.4) is 0 Å². The van der Waals surface area contributed by atoms with E-state index in [2.05, 4.69) is 30.9 Å². The lowest BCUT2D eigenvalue weighted by Gasteiger charge is -2.15. The fraction of sp³-hybridized carbons (Fsp3) is 0.500. The van der Waals surface area contributed by atoms with Crippen LogP contribution in [0.4, 0.5) is 0 Å². The molecule has 1 N–H and O–H groups in total. The van der Waals surface area contributed by atoms with Crippen LogP contribution in [0.25, 0.3) is 0 Å². The highest BCUT2D eigenvalue weighted by Gasteiger charge is 2.42. The van der Waals surface area contributed by atoms with Crippen molar-refractivity contribution < 1.29 is 5.11 Å². The highest BCUT2D eigenvalue weighted by molar-refractivity contribution is 8.03. The van der Waals surface area contributed by atoms with E-state index in [-0.39, 0.29) is 0 Å². The maximum atomic E-state index is 10.2. The fourth-order valence-electron chi connectivity index (χ4n) is 1.76. The van der Waals surface area contributed by atoms with Crippen molar-refractivity contribution in [1.29, 1.82) is 0 Å². The summed E-state index contributed by atoms with van der Waals surface area (Å²) in [5, 5.41) is 10.2. The molecule has 2 rings (SSSR count). The van der Waals surface area contributed by atoms with E-state index in [1.807, 2.05) is 0 Å². The average molecular weight is 272 g/mol. The van der Waals surface area contributed by atoms with Crippen LogP contribution in [0, 0.1) is 0 Å². The number of hydrogen-bond acceptors (Lipinski definition) is 4. The Morgan fingerprint density at radius 2 is 1.50 bits per heavy atom. The molecule has 0 heterocycles. The minimum absolute atomic E-state index is 0.522. The van der Waals surface area contributed by atoms with Gasteiger partial charge in [-0.15, -0.1) is 35.3 Å². The third-order valence-electron chi connectivity index (χ3n) is 2.93. The van der Waals surface area contributed by atoms with Gasteiger partial charge >= 0.3 is 0 Å². The molecular formula is C12H16OS3. The van der Waals surface area contributed by atoms with Gasteiger partial charge in [0.05, 0.1) is 5.60 Å². The molecule has 16 heavy (non-hydrogen) atoms. The van der Waals surface area contributed by atoms with Gasteiger partial charge in [-0.1, -0.05) is 0 Å². The summed E-state index contributed by atoms with van der Waals surface area (Å²) in [6.45, 7) is 0. The summed E-state index contributed by atoms with van der Waals surface area (Å²) in [6.07, 6.45) is 8.13. The molecular weight excluding hydrogens is 256 g/mol. The number of hydrogen-bond donors (Lipinski definition) is 1.